The number of halogens is 1. The van der Waals surface area contributed by atoms with Gasteiger partial charge in [0, 0.05) is 31.1 Å². The first-order chi connectivity index (χ1) is 11.1. The predicted molar refractivity (Wildman–Crippen MR) is 89.1 cm³/mol. The Kier molecular flexibility index (Phi) is 4.87. The van der Waals surface area contributed by atoms with Gasteiger partial charge in [-0.05, 0) is 37.1 Å². The molecule has 3 rings (SSSR count). The fourth-order valence-corrected chi connectivity index (χ4v) is 3.73. The highest BCUT2D eigenvalue weighted by Crippen LogP contribution is 2.37. The first-order valence-electron chi connectivity index (χ1n) is 8.08. The topological polar surface area (TPSA) is 61.4 Å². The number of likely N-dealkylation sites (tertiary alicyclic amines) is 1. The van der Waals surface area contributed by atoms with E-state index < -0.39 is 0 Å². The summed E-state index contributed by atoms with van der Waals surface area (Å²) in [7, 11) is 1.75. The maximum atomic E-state index is 12.7. The van der Waals surface area contributed by atoms with Crippen LogP contribution >= 0.6 is 11.6 Å². The van der Waals surface area contributed by atoms with E-state index in [1.807, 2.05) is 18.2 Å². The Morgan fingerprint density at radius 2 is 2.26 bits per heavy atom. The summed E-state index contributed by atoms with van der Waals surface area (Å²) in [6.07, 6.45) is 2.29. The van der Waals surface area contributed by atoms with Crippen molar-refractivity contribution in [2.24, 2.45) is 5.92 Å². The summed E-state index contributed by atoms with van der Waals surface area (Å²) in [4.78, 5) is 26.5. The lowest BCUT2D eigenvalue weighted by molar-refractivity contribution is -0.128. The van der Waals surface area contributed by atoms with Gasteiger partial charge >= 0.3 is 0 Å². The molecule has 0 bridgehead atoms. The van der Waals surface area contributed by atoms with E-state index in [2.05, 4.69) is 10.6 Å². The van der Waals surface area contributed by atoms with E-state index in [0.29, 0.717) is 5.02 Å². The Balaban J connectivity index is 1.78. The number of carbonyl (C=O) groups excluding carboxylic acids is 2. The molecule has 2 fully saturated rings. The zero-order chi connectivity index (χ0) is 16.4. The molecule has 3 atom stereocenters. The standard InChI is InChI=1S/C17H22ClN3O2/c1-21-15(22)9-14(16(21)11-4-2-5-12(18)8-11)17(23)20-13-6-3-7-19-10-13/h2,4-5,8,13-14,16,19H,3,6-7,9-10H2,1H3,(H,20,23). The van der Waals surface area contributed by atoms with E-state index in [1.165, 1.54) is 0 Å². The van der Waals surface area contributed by atoms with Crippen LogP contribution in [0.5, 0.6) is 0 Å². The van der Waals surface area contributed by atoms with Gasteiger partial charge in [0.1, 0.15) is 0 Å². The van der Waals surface area contributed by atoms with Crippen molar-refractivity contribution < 1.29 is 9.59 Å². The largest absolute Gasteiger partial charge is 0.352 e. The summed E-state index contributed by atoms with van der Waals surface area (Å²) in [5, 5.41) is 7.01. The molecular formula is C17H22ClN3O2. The molecular weight excluding hydrogens is 314 g/mol. The third kappa shape index (κ3) is 3.51. The summed E-state index contributed by atoms with van der Waals surface area (Å²) in [5.74, 6) is -0.411. The highest BCUT2D eigenvalue weighted by Gasteiger charge is 2.43. The molecule has 0 spiro atoms. The fourth-order valence-electron chi connectivity index (χ4n) is 3.53. The van der Waals surface area contributed by atoms with Crippen LogP contribution in [0.4, 0.5) is 0 Å². The molecule has 2 saturated heterocycles. The number of rotatable bonds is 3. The normalized spacial score (nSPS) is 28.0. The second-order valence-electron chi connectivity index (χ2n) is 6.37. The number of nitrogens with one attached hydrogen (secondary N) is 2. The zero-order valence-electron chi connectivity index (χ0n) is 13.2. The summed E-state index contributed by atoms with van der Waals surface area (Å²) in [6.45, 7) is 1.80. The van der Waals surface area contributed by atoms with Gasteiger partial charge in [0.2, 0.25) is 11.8 Å². The summed E-state index contributed by atoms with van der Waals surface area (Å²) >= 11 is 6.08. The third-order valence-electron chi connectivity index (χ3n) is 4.76. The van der Waals surface area contributed by atoms with Crippen LogP contribution in [-0.4, -0.2) is 42.9 Å². The maximum Gasteiger partial charge on any atom is 0.226 e. The third-order valence-corrected chi connectivity index (χ3v) is 4.99. The van der Waals surface area contributed by atoms with Crippen molar-refractivity contribution in [3.63, 3.8) is 0 Å². The van der Waals surface area contributed by atoms with Gasteiger partial charge in [-0.1, -0.05) is 23.7 Å². The molecule has 1 aromatic carbocycles. The SMILES string of the molecule is CN1C(=O)CC(C(=O)NC2CCCNC2)C1c1cccc(Cl)c1. The van der Waals surface area contributed by atoms with Gasteiger partial charge in [-0.15, -0.1) is 0 Å². The molecule has 0 aromatic heterocycles. The van der Waals surface area contributed by atoms with Crippen molar-refractivity contribution in [2.45, 2.75) is 31.3 Å². The molecule has 0 radical (unpaired) electrons. The number of hydrogen-bond acceptors (Lipinski definition) is 3. The second kappa shape index (κ2) is 6.89. The minimum absolute atomic E-state index is 0.00288. The molecule has 23 heavy (non-hydrogen) atoms. The average Bonchev–Trinajstić information content (AvgIpc) is 2.84. The molecule has 0 aliphatic carbocycles. The van der Waals surface area contributed by atoms with Gasteiger partial charge < -0.3 is 15.5 Å². The van der Waals surface area contributed by atoms with E-state index in [-0.39, 0.29) is 36.2 Å². The Hall–Kier alpha value is -1.59. The molecule has 2 N–H and O–H groups in total. The van der Waals surface area contributed by atoms with Crippen LogP contribution < -0.4 is 10.6 Å². The van der Waals surface area contributed by atoms with Crippen LogP contribution in [0, 0.1) is 5.92 Å². The lowest BCUT2D eigenvalue weighted by atomic mass is 9.92. The van der Waals surface area contributed by atoms with Gasteiger partial charge in [-0.3, -0.25) is 9.59 Å². The highest BCUT2D eigenvalue weighted by molar-refractivity contribution is 6.30. The van der Waals surface area contributed by atoms with E-state index >= 15 is 0 Å². The highest BCUT2D eigenvalue weighted by atomic mass is 35.5. The quantitative estimate of drug-likeness (QED) is 0.884. The van der Waals surface area contributed by atoms with Gasteiger partial charge in [0.05, 0.1) is 12.0 Å². The van der Waals surface area contributed by atoms with Crippen molar-refractivity contribution in [2.75, 3.05) is 20.1 Å². The fraction of sp³-hybridized carbons (Fsp3) is 0.529. The van der Waals surface area contributed by atoms with Crippen LogP contribution in [-0.2, 0) is 9.59 Å². The van der Waals surface area contributed by atoms with Crippen LogP contribution in [0.3, 0.4) is 0 Å². The van der Waals surface area contributed by atoms with Gasteiger partial charge in [-0.25, -0.2) is 0 Å². The van der Waals surface area contributed by atoms with Crippen LogP contribution in [0.15, 0.2) is 24.3 Å². The van der Waals surface area contributed by atoms with E-state index in [1.54, 1.807) is 18.0 Å². The molecule has 3 unspecified atom stereocenters. The number of nitrogens with zero attached hydrogens (tertiary/aromatic N) is 1. The first kappa shape index (κ1) is 16.3. The molecule has 1 aromatic rings. The lowest BCUT2D eigenvalue weighted by Gasteiger charge is -2.28. The minimum atomic E-state index is -0.368. The van der Waals surface area contributed by atoms with Crippen molar-refractivity contribution in [3.8, 4) is 0 Å². The van der Waals surface area contributed by atoms with Crippen molar-refractivity contribution in [1.82, 2.24) is 15.5 Å². The number of hydrogen-bond donors (Lipinski definition) is 2. The lowest BCUT2D eigenvalue weighted by Crippen LogP contribution is -2.48. The Morgan fingerprint density at radius 3 is 2.96 bits per heavy atom. The number of benzene rings is 1. The first-order valence-corrected chi connectivity index (χ1v) is 8.46. The maximum absolute atomic E-state index is 12.7. The molecule has 6 heteroatoms. The summed E-state index contributed by atoms with van der Waals surface area (Å²) < 4.78 is 0. The molecule has 124 valence electrons. The van der Waals surface area contributed by atoms with Crippen LogP contribution in [0.2, 0.25) is 5.02 Å². The van der Waals surface area contributed by atoms with Crippen molar-refractivity contribution >= 4 is 23.4 Å². The molecule has 2 amide bonds. The number of piperidine rings is 1. The smallest absolute Gasteiger partial charge is 0.226 e. The number of amides is 2. The molecule has 2 aliphatic heterocycles. The summed E-state index contributed by atoms with van der Waals surface area (Å²) in [5.41, 5.74) is 0.910. The van der Waals surface area contributed by atoms with E-state index in [0.717, 1.165) is 31.5 Å². The Bertz CT molecular complexity index is 601. The van der Waals surface area contributed by atoms with Crippen LogP contribution in [0.25, 0.3) is 0 Å². The zero-order valence-corrected chi connectivity index (χ0v) is 14.0. The number of carbonyl (C=O) groups is 2. The molecule has 5 nitrogen and oxygen atoms in total. The Morgan fingerprint density at radius 1 is 1.43 bits per heavy atom. The minimum Gasteiger partial charge on any atom is -0.352 e. The van der Waals surface area contributed by atoms with Crippen molar-refractivity contribution in [3.05, 3.63) is 34.9 Å². The van der Waals surface area contributed by atoms with Gasteiger partial charge in [-0.2, -0.15) is 0 Å². The summed E-state index contributed by atoms with van der Waals surface area (Å²) in [6, 6.07) is 7.31. The van der Waals surface area contributed by atoms with E-state index in [4.69, 9.17) is 11.6 Å². The Labute approximate surface area is 141 Å². The van der Waals surface area contributed by atoms with Crippen molar-refractivity contribution in [1.29, 1.82) is 0 Å². The average molecular weight is 336 g/mol. The monoisotopic (exact) mass is 335 g/mol. The molecule has 0 saturated carbocycles. The van der Waals surface area contributed by atoms with Gasteiger partial charge in [0.15, 0.2) is 0 Å². The van der Waals surface area contributed by atoms with Crippen LogP contribution in [0.1, 0.15) is 30.9 Å². The second-order valence-corrected chi connectivity index (χ2v) is 6.80. The predicted octanol–water partition coefficient (Wildman–Crippen LogP) is 1.73. The molecule has 2 aliphatic rings. The van der Waals surface area contributed by atoms with E-state index in [9.17, 15) is 9.59 Å². The molecule has 2 heterocycles. The van der Waals surface area contributed by atoms with Gasteiger partial charge in [0.25, 0.3) is 0 Å².